The summed E-state index contributed by atoms with van der Waals surface area (Å²) in [5, 5.41) is 3.29. The summed E-state index contributed by atoms with van der Waals surface area (Å²) >= 11 is 0. The SMILES string of the molecule is Cc1nc2c(c(C)c1CC(=O)N1CCC(CN)C1)c(=O)[nH]n2C.Cl. The van der Waals surface area contributed by atoms with Crippen molar-refractivity contribution in [2.75, 3.05) is 19.6 Å². The molecule has 3 heterocycles. The fourth-order valence-electron chi connectivity index (χ4n) is 3.42. The molecule has 3 rings (SSSR count). The molecule has 1 atom stereocenters. The van der Waals surface area contributed by atoms with Gasteiger partial charge < -0.3 is 10.6 Å². The van der Waals surface area contributed by atoms with E-state index in [1.807, 2.05) is 18.7 Å². The van der Waals surface area contributed by atoms with Crippen LogP contribution in [0, 0.1) is 19.8 Å². The number of fused-ring (bicyclic) bond motifs is 1. The Morgan fingerprint density at radius 3 is 2.75 bits per heavy atom. The average molecular weight is 354 g/mol. The highest BCUT2D eigenvalue weighted by Crippen LogP contribution is 2.22. The van der Waals surface area contributed by atoms with Gasteiger partial charge >= 0.3 is 0 Å². The molecule has 24 heavy (non-hydrogen) atoms. The van der Waals surface area contributed by atoms with Gasteiger partial charge in [-0.3, -0.25) is 19.4 Å². The number of aromatic amines is 1. The fraction of sp³-hybridized carbons (Fsp3) is 0.562. The minimum absolute atomic E-state index is 0. The van der Waals surface area contributed by atoms with Crippen LogP contribution in [0.2, 0.25) is 0 Å². The van der Waals surface area contributed by atoms with E-state index in [2.05, 4.69) is 10.1 Å². The second-order valence-electron chi connectivity index (χ2n) is 6.41. The van der Waals surface area contributed by atoms with E-state index in [4.69, 9.17) is 5.73 Å². The fourth-order valence-corrected chi connectivity index (χ4v) is 3.42. The lowest BCUT2D eigenvalue weighted by Crippen LogP contribution is -2.31. The molecule has 2 aromatic rings. The van der Waals surface area contributed by atoms with Crippen molar-refractivity contribution >= 4 is 29.3 Å². The Morgan fingerprint density at radius 1 is 1.42 bits per heavy atom. The van der Waals surface area contributed by atoms with Gasteiger partial charge in [-0.25, -0.2) is 4.98 Å². The second kappa shape index (κ2) is 6.94. The van der Waals surface area contributed by atoms with Crippen molar-refractivity contribution < 1.29 is 4.79 Å². The molecule has 1 saturated heterocycles. The summed E-state index contributed by atoms with van der Waals surface area (Å²) in [6.07, 6.45) is 1.25. The van der Waals surface area contributed by atoms with Crippen molar-refractivity contribution in [3.8, 4) is 0 Å². The zero-order valence-electron chi connectivity index (χ0n) is 14.3. The van der Waals surface area contributed by atoms with Crippen molar-refractivity contribution in [1.29, 1.82) is 0 Å². The molecule has 0 radical (unpaired) electrons. The molecule has 1 aliphatic heterocycles. The van der Waals surface area contributed by atoms with E-state index in [0.29, 0.717) is 23.5 Å². The zero-order chi connectivity index (χ0) is 16.7. The van der Waals surface area contributed by atoms with Crippen LogP contribution >= 0.6 is 12.4 Å². The summed E-state index contributed by atoms with van der Waals surface area (Å²) in [5.41, 5.74) is 8.66. The molecule has 1 aliphatic rings. The standard InChI is InChI=1S/C16H23N5O2.ClH/c1-9-12(6-13(22)21-5-4-11(7-17)8-21)10(2)18-15-14(9)16(23)19-20(15)3;/h11H,4-8,17H2,1-3H3,(H,19,23);1H. The van der Waals surface area contributed by atoms with Crippen LogP contribution in [0.4, 0.5) is 0 Å². The number of hydrogen-bond acceptors (Lipinski definition) is 4. The van der Waals surface area contributed by atoms with Crippen LogP contribution < -0.4 is 11.3 Å². The number of carbonyl (C=O) groups is 1. The summed E-state index contributed by atoms with van der Waals surface area (Å²) in [5.74, 6) is 0.486. The number of aryl methyl sites for hydroxylation is 3. The molecule has 1 fully saturated rings. The average Bonchev–Trinajstić information content (AvgIpc) is 3.08. The molecule has 132 valence electrons. The lowest BCUT2D eigenvalue weighted by atomic mass is 10.0. The third kappa shape index (κ3) is 3.06. The second-order valence-corrected chi connectivity index (χ2v) is 6.41. The van der Waals surface area contributed by atoms with Gasteiger partial charge in [0.1, 0.15) is 0 Å². The Kier molecular flexibility index (Phi) is 5.35. The van der Waals surface area contributed by atoms with Gasteiger partial charge in [0.05, 0.1) is 11.8 Å². The van der Waals surface area contributed by atoms with Crippen LogP contribution in [0.25, 0.3) is 11.0 Å². The molecule has 0 aliphatic carbocycles. The van der Waals surface area contributed by atoms with Crippen LogP contribution in [0.5, 0.6) is 0 Å². The first-order chi connectivity index (χ1) is 10.9. The monoisotopic (exact) mass is 353 g/mol. The molecule has 0 spiro atoms. The Labute approximate surface area is 146 Å². The van der Waals surface area contributed by atoms with Crippen molar-refractivity contribution in [3.63, 3.8) is 0 Å². The third-order valence-corrected chi connectivity index (χ3v) is 4.88. The lowest BCUT2D eigenvalue weighted by molar-refractivity contribution is -0.129. The van der Waals surface area contributed by atoms with Crippen LogP contribution in [0.15, 0.2) is 4.79 Å². The molecule has 1 unspecified atom stereocenters. The number of nitrogens with two attached hydrogens (primary N) is 1. The largest absolute Gasteiger partial charge is 0.342 e. The van der Waals surface area contributed by atoms with E-state index in [0.717, 1.165) is 36.3 Å². The summed E-state index contributed by atoms with van der Waals surface area (Å²) in [6, 6.07) is 0. The van der Waals surface area contributed by atoms with E-state index >= 15 is 0 Å². The molecular weight excluding hydrogens is 330 g/mol. The van der Waals surface area contributed by atoms with Crippen LogP contribution in [-0.2, 0) is 18.3 Å². The van der Waals surface area contributed by atoms with Gasteiger partial charge in [-0.1, -0.05) is 0 Å². The minimum Gasteiger partial charge on any atom is -0.342 e. The summed E-state index contributed by atoms with van der Waals surface area (Å²) < 4.78 is 1.62. The lowest BCUT2D eigenvalue weighted by Gasteiger charge is -2.18. The topological polar surface area (TPSA) is 97.0 Å². The highest BCUT2D eigenvalue weighted by atomic mass is 35.5. The van der Waals surface area contributed by atoms with Crippen molar-refractivity contribution in [2.45, 2.75) is 26.7 Å². The smallest absolute Gasteiger partial charge is 0.273 e. The highest BCUT2D eigenvalue weighted by Gasteiger charge is 2.26. The first kappa shape index (κ1) is 18.5. The predicted molar refractivity (Wildman–Crippen MR) is 95.5 cm³/mol. The first-order valence-corrected chi connectivity index (χ1v) is 7.95. The number of likely N-dealkylation sites (tertiary alicyclic amines) is 1. The van der Waals surface area contributed by atoms with E-state index in [1.165, 1.54) is 0 Å². The number of pyridine rings is 1. The van der Waals surface area contributed by atoms with E-state index in [-0.39, 0.29) is 30.3 Å². The van der Waals surface area contributed by atoms with Crippen LogP contribution in [0.1, 0.15) is 23.2 Å². The van der Waals surface area contributed by atoms with Gasteiger partial charge in [-0.2, -0.15) is 0 Å². The molecule has 2 aromatic heterocycles. The van der Waals surface area contributed by atoms with E-state index in [1.54, 1.807) is 11.7 Å². The number of aromatic nitrogens is 3. The number of carbonyl (C=O) groups excluding carboxylic acids is 1. The summed E-state index contributed by atoms with van der Waals surface area (Å²) in [7, 11) is 1.76. The van der Waals surface area contributed by atoms with E-state index in [9.17, 15) is 9.59 Å². The van der Waals surface area contributed by atoms with Gasteiger partial charge in [-0.05, 0) is 43.9 Å². The highest BCUT2D eigenvalue weighted by molar-refractivity contribution is 5.85. The van der Waals surface area contributed by atoms with Gasteiger partial charge in [0.15, 0.2) is 5.65 Å². The molecule has 7 nitrogen and oxygen atoms in total. The molecule has 0 aromatic carbocycles. The Morgan fingerprint density at radius 2 is 2.12 bits per heavy atom. The molecule has 1 amide bonds. The summed E-state index contributed by atoms with van der Waals surface area (Å²) in [4.78, 5) is 31.0. The van der Waals surface area contributed by atoms with Gasteiger partial charge in [0.2, 0.25) is 5.91 Å². The zero-order valence-corrected chi connectivity index (χ0v) is 15.1. The molecule has 8 heteroatoms. The number of halogens is 1. The van der Waals surface area contributed by atoms with E-state index < -0.39 is 0 Å². The number of hydrogen-bond donors (Lipinski definition) is 2. The third-order valence-electron chi connectivity index (χ3n) is 4.88. The van der Waals surface area contributed by atoms with Gasteiger partial charge in [0.25, 0.3) is 5.56 Å². The number of nitrogens with one attached hydrogen (secondary N) is 1. The Balaban J connectivity index is 0.00000208. The molecule has 0 saturated carbocycles. The number of rotatable bonds is 3. The maximum absolute atomic E-state index is 12.6. The number of amides is 1. The Hall–Kier alpha value is -1.86. The number of nitrogens with zero attached hydrogens (tertiary/aromatic N) is 3. The predicted octanol–water partition coefficient (Wildman–Crippen LogP) is 0.650. The van der Waals surface area contributed by atoms with Crippen molar-refractivity contribution in [2.24, 2.45) is 18.7 Å². The number of H-pyrrole nitrogens is 1. The summed E-state index contributed by atoms with van der Waals surface area (Å²) in [6.45, 7) is 5.89. The molecule has 3 N–H and O–H groups in total. The minimum atomic E-state index is -0.162. The quantitative estimate of drug-likeness (QED) is 0.846. The van der Waals surface area contributed by atoms with Gasteiger partial charge in [-0.15, -0.1) is 12.4 Å². The van der Waals surface area contributed by atoms with Crippen LogP contribution in [-0.4, -0.2) is 45.2 Å². The molecular formula is C16H24ClN5O2. The first-order valence-electron chi connectivity index (χ1n) is 7.95. The maximum atomic E-state index is 12.6. The normalized spacial score (nSPS) is 17.3. The Bertz CT molecular complexity index is 826. The van der Waals surface area contributed by atoms with Crippen molar-refractivity contribution in [1.82, 2.24) is 19.7 Å². The van der Waals surface area contributed by atoms with Crippen molar-refractivity contribution in [3.05, 3.63) is 27.2 Å². The van der Waals surface area contributed by atoms with Gasteiger partial charge in [0, 0.05) is 25.8 Å². The van der Waals surface area contributed by atoms with Crippen LogP contribution in [0.3, 0.4) is 0 Å². The molecule has 0 bridgehead atoms. The maximum Gasteiger partial charge on any atom is 0.273 e.